The summed E-state index contributed by atoms with van der Waals surface area (Å²) in [7, 11) is 0. The molecular formula is C23H25N3O4. The predicted octanol–water partition coefficient (Wildman–Crippen LogP) is 2.79. The summed E-state index contributed by atoms with van der Waals surface area (Å²) in [4.78, 5) is 38.0. The summed E-state index contributed by atoms with van der Waals surface area (Å²) in [5, 5.41) is 0. The van der Waals surface area contributed by atoms with Gasteiger partial charge in [-0.25, -0.2) is 0 Å². The Morgan fingerprint density at radius 3 is 2.53 bits per heavy atom. The third-order valence-electron chi connectivity index (χ3n) is 4.89. The number of benzene rings is 2. The second-order valence-corrected chi connectivity index (χ2v) is 7.24. The molecule has 30 heavy (non-hydrogen) atoms. The van der Waals surface area contributed by atoms with E-state index in [0.29, 0.717) is 5.75 Å². The Balaban J connectivity index is 1.55. The van der Waals surface area contributed by atoms with Crippen LogP contribution in [0.1, 0.15) is 41.6 Å². The number of hydrogen-bond acceptors (Lipinski definition) is 4. The number of nitrogens with one attached hydrogen (secondary N) is 2. The van der Waals surface area contributed by atoms with Crippen LogP contribution in [0.4, 0.5) is 0 Å². The fraction of sp³-hybridized carbons (Fsp3) is 0.261. The van der Waals surface area contributed by atoms with E-state index in [2.05, 4.69) is 10.9 Å². The van der Waals surface area contributed by atoms with Crippen LogP contribution >= 0.6 is 0 Å². The Morgan fingerprint density at radius 2 is 1.77 bits per heavy atom. The molecule has 1 aliphatic rings. The second kappa shape index (κ2) is 9.26. The molecule has 0 bridgehead atoms. The minimum Gasteiger partial charge on any atom is -0.483 e. The largest absolute Gasteiger partial charge is 0.483 e. The third-order valence-corrected chi connectivity index (χ3v) is 4.89. The number of amides is 3. The molecule has 7 heteroatoms. The molecule has 0 saturated carbocycles. The summed E-state index contributed by atoms with van der Waals surface area (Å²) in [6, 6.07) is 12.9. The van der Waals surface area contributed by atoms with Gasteiger partial charge in [0.1, 0.15) is 5.75 Å². The summed E-state index contributed by atoms with van der Waals surface area (Å²) in [6.07, 6.45) is 3.54. The standard InChI is InChI=1S/C23H25N3O4/c1-15-8-9-16(2)21(12-15)30-14-23(29)25-24-22(28)13-20-19-7-5-4-6-18(19)10-11-26(20)17(3)27/h4-12,20H,13-14H2,1-3H3,(H,24,28)(H,25,29)/t20-/m1/s1. The molecule has 0 radical (unpaired) electrons. The molecule has 3 amide bonds. The lowest BCUT2D eigenvalue weighted by Crippen LogP contribution is -2.45. The quantitative estimate of drug-likeness (QED) is 0.746. The van der Waals surface area contributed by atoms with Crippen molar-refractivity contribution in [1.29, 1.82) is 0 Å². The normalized spacial score (nSPS) is 14.6. The van der Waals surface area contributed by atoms with Gasteiger partial charge in [-0.1, -0.05) is 36.4 Å². The van der Waals surface area contributed by atoms with Gasteiger partial charge in [0.2, 0.25) is 11.8 Å². The lowest BCUT2D eigenvalue weighted by molar-refractivity contribution is -0.132. The van der Waals surface area contributed by atoms with Gasteiger partial charge in [0.15, 0.2) is 6.61 Å². The molecule has 156 valence electrons. The first kappa shape index (κ1) is 21.1. The van der Waals surface area contributed by atoms with Gasteiger partial charge in [-0.15, -0.1) is 0 Å². The first-order chi connectivity index (χ1) is 14.3. The van der Waals surface area contributed by atoms with Crippen molar-refractivity contribution in [3.8, 4) is 5.75 Å². The van der Waals surface area contributed by atoms with E-state index >= 15 is 0 Å². The van der Waals surface area contributed by atoms with Crippen molar-refractivity contribution in [3.63, 3.8) is 0 Å². The molecule has 1 aliphatic heterocycles. The smallest absolute Gasteiger partial charge is 0.276 e. The molecule has 2 N–H and O–H groups in total. The van der Waals surface area contributed by atoms with Gasteiger partial charge < -0.3 is 9.64 Å². The van der Waals surface area contributed by atoms with E-state index in [1.54, 1.807) is 6.20 Å². The summed E-state index contributed by atoms with van der Waals surface area (Å²) in [5.41, 5.74) is 8.55. The van der Waals surface area contributed by atoms with Crippen LogP contribution in [0.3, 0.4) is 0 Å². The highest BCUT2D eigenvalue weighted by atomic mass is 16.5. The molecule has 2 aromatic rings. The van der Waals surface area contributed by atoms with Crippen LogP contribution in [-0.2, 0) is 14.4 Å². The van der Waals surface area contributed by atoms with Crippen LogP contribution in [0.5, 0.6) is 5.75 Å². The van der Waals surface area contributed by atoms with Crippen LogP contribution in [0, 0.1) is 13.8 Å². The van der Waals surface area contributed by atoms with Gasteiger partial charge in [0.25, 0.3) is 5.91 Å². The number of ether oxygens (including phenoxy) is 1. The van der Waals surface area contributed by atoms with Crippen molar-refractivity contribution >= 4 is 23.8 Å². The summed E-state index contributed by atoms with van der Waals surface area (Å²) in [5.74, 6) is -0.420. The number of nitrogens with zero attached hydrogens (tertiary/aromatic N) is 1. The number of rotatable bonds is 5. The first-order valence-electron chi connectivity index (χ1n) is 9.69. The van der Waals surface area contributed by atoms with E-state index in [4.69, 9.17) is 4.74 Å². The lowest BCUT2D eigenvalue weighted by Gasteiger charge is -2.32. The third kappa shape index (κ3) is 5.05. The fourth-order valence-corrected chi connectivity index (χ4v) is 3.32. The average molecular weight is 407 g/mol. The monoisotopic (exact) mass is 407 g/mol. The Labute approximate surface area is 175 Å². The van der Waals surface area contributed by atoms with E-state index in [0.717, 1.165) is 22.3 Å². The maximum atomic E-state index is 12.4. The topological polar surface area (TPSA) is 87.7 Å². The first-order valence-corrected chi connectivity index (χ1v) is 9.69. The number of aryl methyl sites for hydroxylation is 2. The second-order valence-electron chi connectivity index (χ2n) is 7.24. The van der Waals surface area contributed by atoms with Crippen molar-refractivity contribution in [2.24, 2.45) is 0 Å². The SMILES string of the molecule is CC(=O)N1C=Cc2ccccc2[C@H]1CC(=O)NNC(=O)COc1cc(C)ccc1C. The number of hydrazine groups is 1. The Morgan fingerprint density at radius 1 is 1.03 bits per heavy atom. The zero-order chi connectivity index (χ0) is 21.7. The predicted molar refractivity (Wildman–Crippen MR) is 113 cm³/mol. The zero-order valence-electron chi connectivity index (χ0n) is 17.3. The van der Waals surface area contributed by atoms with Gasteiger partial charge in [-0.3, -0.25) is 25.2 Å². The van der Waals surface area contributed by atoms with E-state index in [-0.39, 0.29) is 18.9 Å². The van der Waals surface area contributed by atoms with Crippen molar-refractivity contribution in [2.75, 3.05) is 6.61 Å². The molecule has 1 atom stereocenters. The maximum Gasteiger partial charge on any atom is 0.276 e. The van der Waals surface area contributed by atoms with E-state index in [1.807, 2.05) is 62.4 Å². The van der Waals surface area contributed by atoms with E-state index in [1.165, 1.54) is 11.8 Å². The Hall–Kier alpha value is -3.61. The number of carbonyl (C=O) groups is 3. The highest BCUT2D eigenvalue weighted by Crippen LogP contribution is 2.32. The molecule has 1 heterocycles. The van der Waals surface area contributed by atoms with Gasteiger partial charge in [0, 0.05) is 13.1 Å². The highest BCUT2D eigenvalue weighted by Gasteiger charge is 2.28. The summed E-state index contributed by atoms with van der Waals surface area (Å²) < 4.78 is 5.53. The molecule has 3 rings (SSSR count). The van der Waals surface area contributed by atoms with Crippen LogP contribution in [0.25, 0.3) is 6.08 Å². The summed E-state index contributed by atoms with van der Waals surface area (Å²) >= 11 is 0. The molecule has 7 nitrogen and oxygen atoms in total. The molecule has 0 fully saturated rings. The minimum absolute atomic E-state index is 0.0130. The molecule has 0 spiro atoms. The van der Waals surface area contributed by atoms with Crippen LogP contribution in [0.15, 0.2) is 48.7 Å². The van der Waals surface area contributed by atoms with Crippen molar-refractivity contribution < 1.29 is 19.1 Å². The lowest BCUT2D eigenvalue weighted by atomic mass is 9.93. The molecule has 2 aromatic carbocycles. The Kier molecular flexibility index (Phi) is 6.51. The molecule has 0 unspecified atom stereocenters. The number of hydrogen-bond donors (Lipinski definition) is 2. The summed E-state index contributed by atoms with van der Waals surface area (Å²) in [6.45, 7) is 5.07. The number of carbonyl (C=O) groups excluding carboxylic acids is 3. The molecule has 0 saturated heterocycles. The van der Waals surface area contributed by atoms with Gasteiger partial charge in [-0.2, -0.15) is 0 Å². The molecule has 0 aliphatic carbocycles. The van der Waals surface area contributed by atoms with Gasteiger partial charge in [0.05, 0.1) is 12.5 Å². The molecular weight excluding hydrogens is 382 g/mol. The van der Waals surface area contributed by atoms with Gasteiger partial charge >= 0.3 is 0 Å². The molecule has 0 aromatic heterocycles. The van der Waals surface area contributed by atoms with Crippen LogP contribution in [-0.4, -0.2) is 29.2 Å². The average Bonchev–Trinajstić information content (AvgIpc) is 2.73. The van der Waals surface area contributed by atoms with Crippen molar-refractivity contribution in [2.45, 2.75) is 33.2 Å². The van der Waals surface area contributed by atoms with Crippen molar-refractivity contribution in [3.05, 3.63) is 70.9 Å². The van der Waals surface area contributed by atoms with Gasteiger partial charge in [-0.05, 0) is 48.2 Å². The van der Waals surface area contributed by atoms with Crippen LogP contribution in [0.2, 0.25) is 0 Å². The zero-order valence-corrected chi connectivity index (χ0v) is 17.3. The maximum absolute atomic E-state index is 12.4. The minimum atomic E-state index is -0.475. The highest BCUT2D eigenvalue weighted by molar-refractivity contribution is 5.84. The van der Waals surface area contributed by atoms with E-state index in [9.17, 15) is 14.4 Å². The Bertz CT molecular complexity index is 1000. The fourth-order valence-electron chi connectivity index (χ4n) is 3.32. The van der Waals surface area contributed by atoms with Crippen LogP contribution < -0.4 is 15.6 Å². The number of fused-ring (bicyclic) bond motifs is 1. The van der Waals surface area contributed by atoms with Crippen molar-refractivity contribution in [1.82, 2.24) is 15.8 Å². The van der Waals surface area contributed by atoms with E-state index < -0.39 is 17.9 Å².